The van der Waals surface area contributed by atoms with Crippen molar-refractivity contribution in [3.63, 3.8) is 0 Å². The van der Waals surface area contributed by atoms with Crippen molar-refractivity contribution in [2.24, 2.45) is 0 Å². The fourth-order valence-electron chi connectivity index (χ4n) is 1.69. The standard InChI is InChI=1S/C15H16BrNS/c1-2-18-15-6-4-3-5-14(15)17-11-12-7-9-13(16)10-8-12/h3-10,17H,2,11H2,1H3. The van der Waals surface area contributed by atoms with Gasteiger partial charge in [-0.1, -0.05) is 47.1 Å². The molecule has 2 aromatic carbocycles. The van der Waals surface area contributed by atoms with Crippen LogP contribution in [-0.4, -0.2) is 5.75 Å². The molecule has 3 heteroatoms. The van der Waals surface area contributed by atoms with Crippen LogP contribution in [0.15, 0.2) is 57.9 Å². The van der Waals surface area contributed by atoms with Gasteiger partial charge in [-0.05, 0) is 35.6 Å². The Morgan fingerprint density at radius 2 is 1.78 bits per heavy atom. The maximum Gasteiger partial charge on any atom is 0.0481 e. The summed E-state index contributed by atoms with van der Waals surface area (Å²) in [7, 11) is 0. The lowest BCUT2D eigenvalue weighted by atomic mass is 10.2. The van der Waals surface area contributed by atoms with Gasteiger partial charge in [0.05, 0.1) is 0 Å². The number of hydrogen-bond acceptors (Lipinski definition) is 2. The number of benzene rings is 2. The molecule has 0 fully saturated rings. The summed E-state index contributed by atoms with van der Waals surface area (Å²) in [6.45, 7) is 3.03. The second kappa shape index (κ2) is 6.86. The number of para-hydroxylation sites is 1. The van der Waals surface area contributed by atoms with Crippen molar-refractivity contribution in [1.29, 1.82) is 0 Å². The number of halogens is 1. The topological polar surface area (TPSA) is 12.0 Å². The van der Waals surface area contributed by atoms with Gasteiger partial charge in [-0.2, -0.15) is 0 Å². The molecule has 0 bridgehead atoms. The molecule has 0 saturated carbocycles. The fourth-order valence-corrected chi connectivity index (χ4v) is 2.74. The minimum atomic E-state index is 0.856. The molecule has 18 heavy (non-hydrogen) atoms. The summed E-state index contributed by atoms with van der Waals surface area (Å²) >= 11 is 5.32. The van der Waals surface area contributed by atoms with E-state index in [9.17, 15) is 0 Å². The van der Waals surface area contributed by atoms with E-state index in [0.717, 1.165) is 16.8 Å². The second-order valence-electron chi connectivity index (χ2n) is 3.91. The van der Waals surface area contributed by atoms with Gasteiger partial charge in [-0.25, -0.2) is 0 Å². The minimum absolute atomic E-state index is 0.856. The Morgan fingerprint density at radius 1 is 1.06 bits per heavy atom. The normalized spacial score (nSPS) is 10.3. The lowest BCUT2D eigenvalue weighted by Crippen LogP contribution is -2.00. The lowest BCUT2D eigenvalue weighted by Gasteiger charge is -2.11. The van der Waals surface area contributed by atoms with Gasteiger partial charge in [0.25, 0.3) is 0 Å². The van der Waals surface area contributed by atoms with E-state index in [1.807, 2.05) is 11.8 Å². The zero-order chi connectivity index (χ0) is 12.8. The minimum Gasteiger partial charge on any atom is -0.380 e. The van der Waals surface area contributed by atoms with Crippen molar-refractivity contribution in [3.05, 3.63) is 58.6 Å². The van der Waals surface area contributed by atoms with Crippen LogP contribution >= 0.6 is 27.7 Å². The first kappa shape index (κ1) is 13.5. The number of thioether (sulfide) groups is 1. The molecule has 0 saturated heterocycles. The molecule has 0 amide bonds. The fraction of sp³-hybridized carbons (Fsp3) is 0.200. The highest BCUT2D eigenvalue weighted by atomic mass is 79.9. The van der Waals surface area contributed by atoms with Gasteiger partial charge in [0.1, 0.15) is 0 Å². The van der Waals surface area contributed by atoms with Crippen molar-refractivity contribution in [3.8, 4) is 0 Å². The first-order valence-corrected chi connectivity index (χ1v) is 7.77. The molecule has 0 aliphatic heterocycles. The highest BCUT2D eigenvalue weighted by Crippen LogP contribution is 2.27. The van der Waals surface area contributed by atoms with Crippen LogP contribution in [0.1, 0.15) is 12.5 Å². The van der Waals surface area contributed by atoms with Gasteiger partial charge >= 0.3 is 0 Å². The monoisotopic (exact) mass is 321 g/mol. The molecule has 0 radical (unpaired) electrons. The third kappa shape index (κ3) is 3.79. The Bertz CT molecular complexity index is 496. The smallest absolute Gasteiger partial charge is 0.0481 e. The van der Waals surface area contributed by atoms with Crippen LogP contribution in [0.4, 0.5) is 5.69 Å². The maximum absolute atomic E-state index is 3.50. The Labute approximate surface area is 121 Å². The second-order valence-corrected chi connectivity index (χ2v) is 6.13. The Kier molecular flexibility index (Phi) is 5.14. The van der Waals surface area contributed by atoms with Gasteiger partial charge in [0.2, 0.25) is 0 Å². The van der Waals surface area contributed by atoms with E-state index in [-0.39, 0.29) is 0 Å². The molecular formula is C15H16BrNS. The van der Waals surface area contributed by atoms with Crippen LogP contribution < -0.4 is 5.32 Å². The molecule has 2 aromatic rings. The molecule has 2 rings (SSSR count). The van der Waals surface area contributed by atoms with Crippen LogP contribution in [0.3, 0.4) is 0 Å². The summed E-state index contributed by atoms with van der Waals surface area (Å²) in [5.41, 5.74) is 2.50. The molecule has 0 spiro atoms. The van der Waals surface area contributed by atoms with Crippen molar-refractivity contribution in [2.45, 2.75) is 18.4 Å². The molecule has 1 nitrogen and oxygen atoms in total. The van der Waals surface area contributed by atoms with E-state index in [1.54, 1.807) is 0 Å². The summed E-state index contributed by atoms with van der Waals surface area (Å²) in [6.07, 6.45) is 0. The number of hydrogen-bond donors (Lipinski definition) is 1. The van der Waals surface area contributed by atoms with E-state index in [2.05, 4.69) is 76.7 Å². The molecule has 0 atom stereocenters. The van der Waals surface area contributed by atoms with E-state index < -0.39 is 0 Å². The molecule has 0 aliphatic rings. The third-order valence-electron chi connectivity index (χ3n) is 2.58. The number of rotatable bonds is 5. The van der Waals surface area contributed by atoms with Gasteiger partial charge < -0.3 is 5.32 Å². The predicted octanol–water partition coefficient (Wildman–Crippen LogP) is 5.17. The highest BCUT2D eigenvalue weighted by molar-refractivity contribution is 9.10. The average Bonchev–Trinajstić information content (AvgIpc) is 2.40. The summed E-state index contributed by atoms with van der Waals surface area (Å²) < 4.78 is 1.12. The van der Waals surface area contributed by atoms with Crippen LogP contribution in [-0.2, 0) is 6.54 Å². The van der Waals surface area contributed by atoms with Gasteiger partial charge in [-0.15, -0.1) is 11.8 Å². The molecule has 94 valence electrons. The lowest BCUT2D eigenvalue weighted by molar-refractivity contribution is 1.13. The van der Waals surface area contributed by atoms with Gasteiger partial charge in [0, 0.05) is 21.6 Å². The Hall–Kier alpha value is -0.930. The zero-order valence-electron chi connectivity index (χ0n) is 10.3. The Morgan fingerprint density at radius 3 is 2.50 bits per heavy atom. The molecule has 0 aromatic heterocycles. The van der Waals surface area contributed by atoms with Crippen LogP contribution in [0.25, 0.3) is 0 Å². The molecule has 1 N–H and O–H groups in total. The van der Waals surface area contributed by atoms with E-state index in [1.165, 1.54) is 16.1 Å². The van der Waals surface area contributed by atoms with Crippen LogP contribution in [0.5, 0.6) is 0 Å². The zero-order valence-corrected chi connectivity index (χ0v) is 12.7. The SMILES string of the molecule is CCSc1ccccc1NCc1ccc(Br)cc1. The van der Waals surface area contributed by atoms with Crippen molar-refractivity contribution in [2.75, 3.05) is 11.1 Å². The molecule has 0 unspecified atom stereocenters. The first-order valence-electron chi connectivity index (χ1n) is 5.99. The largest absolute Gasteiger partial charge is 0.380 e. The highest BCUT2D eigenvalue weighted by Gasteiger charge is 2.01. The number of anilines is 1. The summed E-state index contributed by atoms with van der Waals surface area (Å²) in [6, 6.07) is 16.9. The Balaban J connectivity index is 2.03. The summed E-state index contributed by atoms with van der Waals surface area (Å²) in [5.74, 6) is 1.09. The molecular weight excluding hydrogens is 306 g/mol. The van der Waals surface area contributed by atoms with E-state index in [0.29, 0.717) is 0 Å². The van der Waals surface area contributed by atoms with Crippen molar-refractivity contribution in [1.82, 2.24) is 0 Å². The predicted molar refractivity (Wildman–Crippen MR) is 84.3 cm³/mol. The van der Waals surface area contributed by atoms with E-state index in [4.69, 9.17) is 0 Å². The third-order valence-corrected chi connectivity index (χ3v) is 4.07. The first-order chi connectivity index (χ1) is 8.79. The number of nitrogens with one attached hydrogen (secondary N) is 1. The maximum atomic E-state index is 3.50. The van der Waals surface area contributed by atoms with Gasteiger partial charge in [-0.3, -0.25) is 0 Å². The quantitative estimate of drug-likeness (QED) is 0.762. The molecule has 0 heterocycles. The van der Waals surface area contributed by atoms with E-state index >= 15 is 0 Å². The average molecular weight is 322 g/mol. The van der Waals surface area contributed by atoms with Gasteiger partial charge in [0.15, 0.2) is 0 Å². The van der Waals surface area contributed by atoms with Crippen molar-refractivity contribution >= 4 is 33.4 Å². The summed E-state index contributed by atoms with van der Waals surface area (Å²) in [4.78, 5) is 1.32. The molecule has 0 aliphatic carbocycles. The summed E-state index contributed by atoms with van der Waals surface area (Å²) in [5, 5.41) is 3.50. The van der Waals surface area contributed by atoms with Crippen LogP contribution in [0, 0.1) is 0 Å². The van der Waals surface area contributed by atoms with Crippen LogP contribution in [0.2, 0.25) is 0 Å². The van der Waals surface area contributed by atoms with Crippen molar-refractivity contribution < 1.29 is 0 Å².